The molecule has 0 aliphatic heterocycles. The van der Waals surface area contributed by atoms with Gasteiger partial charge in [-0.1, -0.05) is 0 Å². The number of rotatable bonds is 7. The molecule has 0 aliphatic rings. The minimum absolute atomic E-state index is 0.0505. The van der Waals surface area contributed by atoms with Crippen LogP contribution in [0.25, 0.3) is 10.9 Å². The van der Waals surface area contributed by atoms with Crippen LogP contribution in [0, 0.1) is 4.77 Å². The first-order chi connectivity index (χ1) is 11.5. The SMILES string of the molecule is CCN(CC)C(=O)c1ccc2c(=O)n(CCCOC)c(=S)[nH]c2c1. The molecule has 0 radical (unpaired) electrons. The Morgan fingerprint density at radius 3 is 2.67 bits per heavy atom. The minimum atomic E-state index is -0.147. The van der Waals surface area contributed by atoms with Gasteiger partial charge in [0.1, 0.15) is 0 Å². The Morgan fingerprint density at radius 1 is 1.33 bits per heavy atom. The van der Waals surface area contributed by atoms with Gasteiger partial charge in [0.2, 0.25) is 0 Å². The van der Waals surface area contributed by atoms with Crippen LogP contribution in [0.5, 0.6) is 0 Å². The molecule has 0 unspecified atom stereocenters. The van der Waals surface area contributed by atoms with Crippen molar-refractivity contribution < 1.29 is 9.53 Å². The maximum Gasteiger partial charge on any atom is 0.262 e. The predicted octanol–water partition coefficient (Wildman–Crippen LogP) is 2.58. The third-order valence-electron chi connectivity index (χ3n) is 4.01. The summed E-state index contributed by atoms with van der Waals surface area (Å²) in [4.78, 5) is 29.9. The van der Waals surface area contributed by atoms with Gasteiger partial charge in [-0.05, 0) is 50.7 Å². The van der Waals surface area contributed by atoms with E-state index in [1.165, 1.54) is 4.57 Å². The summed E-state index contributed by atoms with van der Waals surface area (Å²) in [6.45, 7) is 6.23. The van der Waals surface area contributed by atoms with Crippen molar-refractivity contribution in [3.05, 3.63) is 38.9 Å². The summed E-state index contributed by atoms with van der Waals surface area (Å²) in [6.07, 6.45) is 0.706. The van der Waals surface area contributed by atoms with E-state index < -0.39 is 0 Å². The molecule has 1 heterocycles. The molecule has 1 aromatic heterocycles. The molecule has 0 fully saturated rings. The topological polar surface area (TPSA) is 67.3 Å². The third-order valence-corrected chi connectivity index (χ3v) is 4.33. The summed E-state index contributed by atoms with van der Waals surface area (Å²) < 4.78 is 6.90. The first-order valence-corrected chi connectivity index (χ1v) is 8.49. The number of H-pyrrole nitrogens is 1. The summed E-state index contributed by atoms with van der Waals surface area (Å²) in [5.41, 5.74) is 0.992. The molecule has 1 N–H and O–H groups in total. The smallest absolute Gasteiger partial charge is 0.262 e. The second-order valence-corrected chi connectivity index (χ2v) is 5.86. The number of ether oxygens (including phenoxy) is 1. The van der Waals surface area contributed by atoms with Crippen LogP contribution in [0.2, 0.25) is 0 Å². The maximum atomic E-state index is 12.6. The van der Waals surface area contributed by atoms with E-state index in [9.17, 15) is 9.59 Å². The molecule has 0 saturated carbocycles. The highest BCUT2D eigenvalue weighted by atomic mass is 32.1. The predicted molar refractivity (Wildman–Crippen MR) is 97.1 cm³/mol. The number of aromatic amines is 1. The van der Waals surface area contributed by atoms with Crippen LogP contribution in [-0.2, 0) is 11.3 Å². The van der Waals surface area contributed by atoms with Gasteiger partial charge in [0, 0.05) is 38.9 Å². The van der Waals surface area contributed by atoms with E-state index in [1.807, 2.05) is 13.8 Å². The van der Waals surface area contributed by atoms with Gasteiger partial charge < -0.3 is 14.6 Å². The number of amides is 1. The molecule has 2 aromatic rings. The molecule has 0 atom stereocenters. The van der Waals surface area contributed by atoms with Gasteiger partial charge in [-0.15, -0.1) is 0 Å². The van der Waals surface area contributed by atoms with Gasteiger partial charge in [0.25, 0.3) is 11.5 Å². The Kier molecular flexibility index (Phi) is 6.28. The molecular formula is C17H23N3O3S. The standard InChI is InChI=1S/C17H23N3O3S/c1-4-19(5-2)15(21)12-7-8-13-14(11-12)18-17(24)20(16(13)22)9-6-10-23-3/h7-8,11H,4-6,9-10H2,1-3H3,(H,18,24). The number of aromatic nitrogens is 2. The molecular weight excluding hydrogens is 326 g/mol. The second-order valence-electron chi connectivity index (χ2n) is 5.47. The highest BCUT2D eigenvalue weighted by molar-refractivity contribution is 7.71. The number of benzene rings is 1. The number of hydrogen-bond donors (Lipinski definition) is 1. The number of fused-ring (bicyclic) bond motifs is 1. The van der Waals surface area contributed by atoms with Crippen molar-refractivity contribution in [2.45, 2.75) is 26.8 Å². The van der Waals surface area contributed by atoms with Gasteiger partial charge >= 0.3 is 0 Å². The Labute approximate surface area is 146 Å². The summed E-state index contributed by atoms with van der Waals surface area (Å²) in [6, 6.07) is 5.08. The van der Waals surface area contributed by atoms with Crippen LogP contribution in [0.1, 0.15) is 30.6 Å². The minimum Gasteiger partial charge on any atom is -0.385 e. The molecule has 7 heteroatoms. The fraction of sp³-hybridized carbons (Fsp3) is 0.471. The van der Waals surface area contributed by atoms with E-state index in [0.29, 0.717) is 53.9 Å². The lowest BCUT2D eigenvalue weighted by atomic mass is 10.1. The van der Waals surface area contributed by atoms with E-state index in [4.69, 9.17) is 17.0 Å². The van der Waals surface area contributed by atoms with Crippen molar-refractivity contribution >= 4 is 29.0 Å². The van der Waals surface area contributed by atoms with E-state index in [1.54, 1.807) is 30.2 Å². The molecule has 0 bridgehead atoms. The Morgan fingerprint density at radius 2 is 2.04 bits per heavy atom. The molecule has 130 valence electrons. The Hall–Kier alpha value is -1.99. The Balaban J connectivity index is 2.45. The zero-order valence-corrected chi connectivity index (χ0v) is 15.1. The van der Waals surface area contributed by atoms with E-state index in [2.05, 4.69) is 4.98 Å². The lowest BCUT2D eigenvalue weighted by molar-refractivity contribution is 0.0773. The van der Waals surface area contributed by atoms with Crippen LogP contribution in [0.3, 0.4) is 0 Å². The zero-order chi connectivity index (χ0) is 17.7. The Bertz CT molecular complexity index is 837. The van der Waals surface area contributed by atoms with Crippen molar-refractivity contribution in [1.29, 1.82) is 0 Å². The van der Waals surface area contributed by atoms with Crippen LogP contribution >= 0.6 is 12.2 Å². The third kappa shape index (κ3) is 3.73. The molecule has 0 spiro atoms. The number of carbonyl (C=O) groups excluding carboxylic acids is 1. The van der Waals surface area contributed by atoms with Crippen LogP contribution < -0.4 is 5.56 Å². The first kappa shape index (κ1) is 18.4. The van der Waals surface area contributed by atoms with Crippen molar-refractivity contribution in [2.24, 2.45) is 0 Å². The van der Waals surface area contributed by atoms with Crippen molar-refractivity contribution in [3.63, 3.8) is 0 Å². The molecule has 6 nitrogen and oxygen atoms in total. The van der Waals surface area contributed by atoms with Gasteiger partial charge in [0.15, 0.2) is 4.77 Å². The number of nitrogens with zero attached hydrogens (tertiary/aromatic N) is 2. The summed E-state index contributed by atoms with van der Waals surface area (Å²) in [5, 5.41) is 0.525. The van der Waals surface area contributed by atoms with E-state index in [-0.39, 0.29) is 11.5 Å². The van der Waals surface area contributed by atoms with Crippen molar-refractivity contribution in [3.8, 4) is 0 Å². The van der Waals surface area contributed by atoms with Gasteiger partial charge in [-0.3, -0.25) is 14.2 Å². The lowest BCUT2D eigenvalue weighted by Gasteiger charge is -2.18. The molecule has 0 aliphatic carbocycles. The van der Waals surface area contributed by atoms with E-state index in [0.717, 1.165) is 0 Å². The largest absolute Gasteiger partial charge is 0.385 e. The fourth-order valence-electron chi connectivity index (χ4n) is 2.65. The van der Waals surface area contributed by atoms with E-state index >= 15 is 0 Å². The summed E-state index contributed by atoms with van der Waals surface area (Å²) in [5.74, 6) is -0.0505. The zero-order valence-electron chi connectivity index (χ0n) is 14.3. The highest BCUT2D eigenvalue weighted by Crippen LogP contribution is 2.13. The number of hydrogen-bond acceptors (Lipinski definition) is 4. The van der Waals surface area contributed by atoms with Gasteiger partial charge in [0.05, 0.1) is 10.9 Å². The number of nitrogens with one attached hydrogen (secondary N) is 1. The number of carbonyl (C=O) groups is 1. The van der Waals surface area contributed by atoms with Crippen LogP contribution in [0.4, 0.5) is 0 Å². The highest BCUT2D eigenvalue weighted by Gasteiger charge is 2.14. The van der Waals surface area contributed by atoms with Gasteiger partial charge in [-0.25, -0.2) is 0 Å². The molecule has 1 amide bonds. The maximum absolute atomic E-state index is 12.6. The lowest BCUT2D eigenvalue weighted by Crippen LogP contribution is -2.30. The average molecular weight is 349 g/mol. The normalized spacial score (nSPS) is 11.0. The second kappa shape index (κ2) is 8.21. The quantitative estimate of drug-likeness (QED) is 0.616. The van der Waals surface area contributed by atoms with Crippen LogP contribution in [-0.4, -0.2) is 47.2 Å². The monoisotopic (exact) mass is 349 g/mol. The van der Waals surface area contributed by atoms with Gasteiger partial charge in [-0.2, -0.15) is 0 Å². The van der Waals surface area contributed by atoms with Crippen molar-refractivity contribution in [2.75, 3.05) is 26.8 Å². The fourth-order valence-corrected chi connectivity index (χ4v) is 2.94. The first-order valence-electron chi connectivity index (χ1n) is 8.08. The van der Waals surface area contributed by atoms with Crippen molar-refractivity contribution in [1.82, 2.24) is 14.5 Å². The number of methoxy groups -OCH3 is 1. The van der Waals surface area contributed by atoms with Crippen LogP contribution in [0.15, 0.2) is 23.0 Å². The molecule has 1 aromatic carbocycles. The molecule has 24 heavy (non-hydrogen) atoms. The molecule has 2 rings (SSSR count). The summed E-state index contributed by atoms with van der Waals surface area (Å²) in [7, 11) is 1.62. The molecule has 0 saturated heterocycles. The summed E-state index contributed by atoms with van der Waals surface area (Å²) >= 11 is 5.29. The average Bonchev–Trinajstić information content (AvgIpc) is 2.58.